The fourth-order valence-corrected chi connectivity index (χ4v) is 3.13. The fraction of sp³-hybridized carbons (Fsp3) is 0.917. The zero-order chi connectivity index (χ0) is 14.0. The molecule has 0 saturated carbocycles. The van der Waals surface area contributed by atoms with Crippen LogP contribution in [0.3, 0.4) is 0 Å². The molecule has 7 heteroatoms. The molecule has 2 amide bonds. The molecule has 0 aromatic carbocycles. The molecule has 2 saturated heterocycles. The molecule has 2 aliphatic heterocycles. The van der Waals surface area contributed by atoms with Crippen molar-refractivity contribution in [2.24, 2.45) is 0 Å². The van der Waals surface area contributed by atoms with Gasteiger partial charge < -0.3 is 15.5 Å². The van der Waals surface area contributed by atoms with Crippen LogP contribution in [0.15, 0.2) is 0 Å². The SMILES string of the molecule is CCN(C(=O)NCC(F)(F)F)C1CC2CCC(C1)N2. The lowest BCUT2D eigenvalue weighted by Crippen LogP contribution is -2.53. The smallest absolute Gasteiger partial charge is 0.329 e. The van der Waals surface area contributed by atoms with E-state index in [9.17, 15) is 18.0 Å². The first-order chi connectivity index (χ1) is 8.89. The van der Waals surface area contributed by atoms with Crippen LogP contribution in [0.2, 0.25) is 0 Å². The van der Waals surface area contributed by atoms with E-state index < -0.39 is 18.8 Å². The fourth-order valence-electron chi connectivity index (χ4n) is 3.13. The summed E-state index contributed by atoms with van der Waals surface area (Å²) in [5.74, 6) is 0. The van der Waals surface area contributed by atoms with Crippen LogP contribution in [0.1, 0.15) is 32.6 Å². The Bertz CT molecular complexity index is 323. The second-order valence-electron chi connectivity index (χ2n) is 5.32. The molecule has 4 nitrogen and oxygen atoms in total. The number of piperidine rings is 1. The zero-order valence-corrected chi connectivity index (χ0v) is 11.0. The number of hydrogen-bond acceptors (Lipinski definition) is 2. The number of nitrogens with one attached hydrogen (secondary N) is 2. The number of carbonyl (C=O) groups excluding carboxylic acids is 1. The monoisotopic (exact) mass is 279 g/mol. The highest BCUT2D eigenvalue weighted by Crippen LogP contribution is 2.29. The van der Waals surface area contributed by atoms with E-state index in [1.165, 1.54) is 4.90 Å². The number of urea groups is 1. The topological polar surface area (TPSA) is 44.4 Å². The molecule has 0 aromatic heterocycles. The molecule has 2 unspecified atom stereocenters. The van der Waals surface area contributed by atoms with Gasteiger partial charge in [0.25, 0.3) is 0 Å². The van der Waals surface area contributed by atoms with Crippen LogP contribution in [0.25, 0.3) is 0 Å². The van der Waals surface area contributed by atoms with Crippen molar-refractivity contribution in [2.75, 3.05) is 13.1 Å². The summed E-state index contributed by atoms with van der Waals surface area (Å²) in [5.41, 5.74) is 0. The molecular formula is C12H20F3N3O. The highest BCUT2D eigenvalue weighted by Gasteiger charge is 2.37. The van der Waals surface area contributed by atoms with Crippen LogP contribution in [-0.2, 0) is 0 Å². The Balaban J connectivity index is 1.90. The first-order valence-corrected chi connectivity index (χ1v) is 6.76. The number of rotatable bonds is 3. The second-order valence-corrected chi connectivity index (χ2v) is 5.32. The Kier molecular flexibility index (Phi) is 4.23. The summed E-state index contributed by atoms with van der Waals surface area (Å²) in [6, 6.07) is 0.268. The highest BCUT2D eigenvalue weighted by atomic mass is 19.4. The maximum atomic E-state index is 12.1. The maximum absolute atomic E-state index is 12.1. The van der Waals surface area contributed by atoms with Gasteiger partial charge in [-0.1, -0.05) is 0 Å². The Morgan fingerprint density at radius 1 is 1.32 bits per heavy atom. The lowest BCUT2D eigenvalue weighted by Gasteiger charge is -2.37. The minimum atomic E-state index is -4.36. The third-order valence-corrected chi connectivity index (χ3v) is 3.93. The van der Waals surface area contributed by atoms with Gasteiger partial charge in [0.15, 0.2) is 0 Å². The van der Waals surface area contributed by atoms with Gasteiger partial charge in [0.1, 0.15) is 6.54 Å². The molecule has 2 bridgehead atoms. The van der Waals surface area contributed by atoms with E-state index in [0.717, 1.165) is 25.7 Å². The summed E-state index contributed by atoms with van der Waals surface area (Å²) in [5, 5.41) is 5.42. The van der Waals surface area contributed by atoms with Gasteiger partial charge in [-0.25, -0.2) is 4.79 Å². The average Bonchev–Trinajstić information content (AvgIpc) is 2.66. The van der Waals surface area contributed by atoms with Crippen molar-refractivity contribution in [3.63, 3.8) is 0 Å². The Labute approximate surface area is 110 Å². The second kappa shape index (κ2) is 5.56. The molecule has 0 aromatic rings. The number of carbonyl (C=O) groups is 1. The van der Waals surface area contributed by atoms with Crippen LogP contribution < -0.4 is 10.6 Å². The van der Waals surface area contributed by atoms with Crippen molar-refractivity contribution < 1.29 is 18.0 Å². The van der Waals surface area contributed by atoms with Crippen LogP contribution in [0.4, 0.5) is 18.0 Å². The first-order valence-electron chi connectivity index (χ1n) is 6.76. The van der Waals surface area contributed by atoms with Crippen molar-refractivity contribution >= 4 is 6.03 Å². The standard InChI is InChI=1S/C12H20F3N3O/c1-2-18(11(19)16-7-12(13,14)15)10-5-8-3-4-9(6-10)17-8/h8-10,17H,2-7H2,1H3,(H,16,19). The van der Waals surface area contributed by atoms with Gasteiger partial charge in [-0.05, 0) is 32.6 Å². The predicted octanol–water partition coefficient (Wildman–Crippen LogP) is 1.86. The van der Waals surface area contributed by atoms with Gasteiger partial charge in [0.05, 0.1) is 0 Å². The van der Waals surface area contributed by atoms with Gasteiger partial charge in [0, 0.05) is 24.7 Å². The van der Waals surface area contributed by atoms with Crippen LogP contribution >= 0.6 is 0 Å². The number of fused-ring (bicyclic) bond motifs is 2. The molecule has 0 spiro atoms. The van der Waals surface area contributed by atoms with E-state index in [0.29, 0.717) is 18.6 Å². The van der Waals surface area contributed by atoms with E-state index in [1.807, 2.05) is 5.32 Å². The number of halogens is 3. The molecule has 0 radical (unpaired) electrons. The largest absolute Gasteiger partial charge is 0.405 e. The summed E-state index contributed by atoms with van der Waals surface area (Å²) >= 11 is 0. The van der Waals surface area contributed by atoms with E-state index in [-0.39, 0.29) is 6.04 Å². The summed E-state index contributed by atoms with van der Waals surface area (Å²) in [6.07, 6.45) is -0.485. The summed E-state index contributed by atoms with van der Waals surface area (Å²) in [7, 11) is 0. The van der Waals surface area contributed by atoms with Gasteiger partial charge in [0.2, 0.25) is 0 Å². The number of hydrogen-bond donors (Lipinski definition) is 2. The van der Waals surface area contributed by atoms with Crippen molar-refractivity contribution in [1.82, 2.24) is 15.5 Å². The molecule has 2 rings (SSSR count). The van der Waals surface area contributed by atoms with Gasteiger partial charge >= 0.3 is 12.2 Å². The Morgan fingerprint density at radius 3 is 2.37 bits per heavy atom. The number of nitrogens with zero attached hydrogens (tertiary/aromatic N) is 1. The summed E-state index contributed by atoms with van der Waals surface area (Å²) in [6.45, 7) is 0.977. The van der Waals surface area contributed by atoms with Crippen molar-refractivity contribution in [2.45, 2.75) is 56.9 Å². The Morgan fingerprint density at radius 2 is 1.89 bits per heavy atom. The highest BCUT2D eigenvalue weighted by molar-refractivity contribution is 5.74. The normalized spacial score (nSPS) is 30.2. The molecular weight excluding hydrogens is 259 g/mol. The number of amides is 2. The quantitative estimate of drug-likeness (QED) is 0.828. The number of alkyl halides is 3. The van der Waals surface area contributed by atoms with E-state index >= 15 is 0 Å². The van der Waals surface area contributed by atoms with Crippen LogP contribution in [-0.4, -0.2) is 48.3 Å². The van der Waals surface area contributed by atoms with E-state index in [1.54, 1.807) is 6.92 Å². The van der Waals surface area contributed by atoms with Crippen molar-refractivity contribution in [3.05, 3.63) is 0 Å². The minimum Gasteiger partial charge on any atom is -0.329 e. The van der Waals surface area contributed by atoms with Crippen molar-refractivity contribution in [1.29, 1.82) is 0 Å². The molecule has 110 valence electrons. The third-order valence-electron chi connectivity index (χ3n) is 3.93. The first kappa shape index (κ1) is 14.4. The van der Waals surface area contributed by atoms with Gasteiger partial charge in [-0.15, -0.1) is 0 Å². The zero-order valence-electron chi connectivity index (χ0n) is 11.0. The molecule has 2 heterocycles. The maximum Gasteiger partial charge on any atom is 0.405 e. The molecule has 2 fully saturated rings. The Hall–Kier alpha value is -0.980. The minimum absolute atomic E-state index is 0.0528. The van der Waals surface area contributed by atoms with E-state index in [4.69, 9.17) is 0 Å². The van der Waals surface area contributed by atoms with E-state index in [2.05, 4.69) is 5.32 Å². The molecule has 2 aliphatic rings. The molecule has 19 heavy (non-hydrogen) atoms. The molecule has 2 N–H and O–H groups in total. The molecule has 0 aliphatic carbocycles. The van der Waals surface area contributed by atoms with Gasteiger partial charge in [-0.3, -0.25) is 0 Å². The summed E-state index contributed by atoms with van der Waals surface area (Å²) in [4.78, 5) is 13.4. The average molecular weight is 279 g/mol. The molecule has 2 atom stereocenters. The van der Waals surface area contributed by atoms with Crippen LogP contribution in [0, 0.1) is 0 Å². The summed E-state index contributed by atoms with van der Waals surface area (Å²) < 4.78 is 36.3. The van der Waals surface area contributed by atoms with Crippen molar-refractivity contribution in [3.8, 4) is 0 Å². The van der Waals surface area contributed by atoms with Gasteiger partial charge in [-0.2, -0.15) is 13.2 Å². The lowest BCUT2D eigenvalue weighted by molar-refractivity contribution is -0.123. The third kappa shape index (κ3) is 3.75. The lowest BCUT2D eigenvalue weighted by atomic mass is 9.98. The predicted molar refractivity (Wildman–Crippen MR) is 64.8 cm³/mol. The van der Waals surface area contributed by atoms with Crippen LogP contribution in [0.5, 0.6) is 0 Å².